The van der Waals surface area contributed by atoms with E-state index in [1.165, 1.54) is 16.7 Å². The van der Waals surface area contributed by atoms with Crippen molar-refractivity contribution in [3.8, 4) is 11.3 Å². The molecule has 3 heteroatoms. The highest BCUT2D eigenvalue weighted by Crippen LogP contribution is 2.27. The van der Waals surface area contributed by atoms with E-state index in [0.29, 0.717) is 0 Å². The van der Waals surface area contributed by atoms with Gasteiger partial charge in [0.15, 0.2) is 0 Å². The zero-order valence-electron chi connectivity index (χ0n) is 12.6. The predicted molar refractivity (Wildman–Crippen MR) is 85.0 cm³/mol. The molecule has 2 rings (SSSR count). The highest BCUT2D eigenvalue weighted by Gasteiger charge is 2.11. The van der Waals surface area contributed by atoms with Crippen molar-refractivity contribution < 1.29 is 0 Å². The summed E-state index contributed by atoms with van der Waals surface area (Å²) in [6, 6.07) is 8.69. The summed E-state index contributed by atoms with van der Waals surface area (Å²) in [7, 11) is 0. The Morgan fingerprint density at radius 3 is 2.65 bits per heavy atom. The van der Waals surface area contributed by atoms with E-state index in [-0.39, 0.29) is 0 Å². The highest BCUT2D eigenvalue weighted by molar-refractivity contribution is 5.68. The van der Waals surface area contributed by atoms with Crippen LogP contribution in [0.4, 0.5) is 5.82 Å². The number of hydrogen-bond donors (Lipinski definition) is 1. The van der Waals surface area contributed by atoms with Crippen molar-refractivity contribution in [2.75, 3.05) is 11.9 Å². The third kappa shape index (κ3) is 3.16. The first-order valence-electron chi connectivity index (χ1n) is 7.47. The van der Waals surface area contributed by atoms with E-state index in [9.17, 15) is 0 Å². The van der Waals surface area contributed by atoms with Crippen LogP contribution in [0.1, 0.15) is 38.3 Å². The average molecular weight is 269 g/mol. The molecule has 0 aliphatic carbocycles. The van der Waals surface area contributed by atoms with Gasteiger partial charge in [0, 0.05) is 17.7 Å². The Bertz CT molecular complexity index is 564. The zero-order valence-corrected chi connectivity index (χ0v) is 12.6. The van der Waals surface area contributed by atoms with Gasteiger partial charge in [-0.25, -0.2) is 9.97 Å². The Labute approximate surface area is 121 Å². The lowest BCUT2D eigenvalue weighted by Gasteiger charge is -2.13. The normalized spacial score (nSPS) is 10.6. The third-order valence-corrected chi connectivity index (χ3v) is 3.38. The Morgan fingerprint density at radius 1 is 1.10 bits per heavy atom. The van der Waals surface area contributed by atoms with Gasteiger partial charge in [0.2, 0.25) is 0 Å². The van der Waals surface area contributed by atoms with Crippen molar-refractivity contribution in [2.24, 2.45) is 0 Å². The van der Waals surface area contributed by atoms with Crippen molar-refractivity contribution in [3.63, 3.8) is 0 Å². The van der Waals surface area contributed by atoms with E-state index in [4.69, 9.17) is 0 Å². The topological polar surface area (TPSA) is 37.8 Å². The number of nitrogens with zero attached hydrogens (tertiary/aromatic N) is 2. The molecule has 0 saturated carbocycles. The van der Waals surface area contributed by atoms with Crippen molar-refractivity contribution in [1.82, 2.24) is 9.97 Å². The van der Waals surface area contributed by atoms with Gasteiger partial charge in [-0.2, -0.15) is 0 Å². The standard InChI is InChI=1S/C17H23N3/c1-4-8-13-9-7-10-14(11-13)16-15(5-2)17(18-6-3)20-12-19-16/h7,9-12H,4-6,8H2,1-3H3,(H,18,19,20). The molecule has 0 unspecified atom stereocenters. The fourth-order valence-electron chi connectivity index (χ4n) is 2.48. The van der Waals surface area contributed by atoms with Gasteiger partial charge in [0.05, 0.1) is 5.69 Å². The van der Waals surface area contributed by atoms with Crippen molar-refractivity contribution >= 4 is 5.82 Å². The van der Waals surface area contributed by atoms with Crippen LogP contribution in [-0.2, 0) is 12.8 Å². The molecule has 2 aromatic rings. The zero-order chi connectivity index (χ0) is 14.4. The summed E-state index contributed by atoms with van der Waals surface area (Å²) in [5, 5.41) is 3.33. The van der Waals surface area contributed by atoms with Gasteiger partial charge in [-0.15, -0.1) is 0 Å². The van der Waals surface area contributed by atoms with Crippen LogP contribution in [0, 0.1) is 0 Å². The van der Waals surface area contributed by atoms with E-state index in [1.54, 1.807) is 6.33 Å². The van der Waals surface area contributed by atoms with Crippen molar-refractivity contribution in [1.29, 1.82) is 0 Å². The van der Waals surface area contributed by atoms with Crippen LogP contribution in [0.25, 0.3) is 11.3 Å². The quantitative estimate of drug-likeness (QED) is 0.858. The molecule has 0 amide bonds. The second-order valence-corrected chi connectivity index (χ2v) is 4.88. The molecule has 0 radical (unpaired) electrons. The number of rotatable bonds is 6. The first-order chi connectivity index (χ1) is 9.80. The first kappa shape index (κ1) is 14.5. The molecule has 0 atom stereocenters. The number of aryl methyl sites for hydroxylation is 1. The molecule has 1 heterocycles. The lowest BCUT2D eigenvalue weighted by atomic mass is 10.0. The van der Waals surface area contributed by atoms with Crippen LogP contribution in [0.15, 0.2) is 30.6 Å². The maximum absolute atomic E-state index is 4.51. The van der Waals surface area contributed by atoms with Gasteiger partial charge in [0.1, 0.15) is 12.1 Å². The molecule has 0 aliphatic rings. The van der Waals surface area contributed by atoms with Gasteiger partial charge in [-0.1, -0.05) is 38.5 Å². The molecule has 1 aromatic carbocycles. The summed E-state index contributed by atoms with van der Waals surface area (Å²) in [6.07, 6.45) is 4.85. The molecule has 0 aliphatic heterocycles. The lowest BCUT2D eigenvalue weighted by Crippen LogP contribution is -2.05. The summed E-state index contributed by atoms with van der Waals surface area (Å²) < 4.78 is 0. The summed E-state index contributed by atoms with van der Waals surface area (Å²) in [4.78, 5) is 8.87. The third-order valence-electron chi connectivity index (χ3n) is 3.38. The Balaban J connectivity index is 2.46. The maximum atomic E-state index is 4.51. The van der Waals surface area contributed by atoms with Crippen LogP contribution in [0.2, 0.25) is 0 Å². The van der Waals surface area contributed by atoms with Crippen LogP contribution in [0.3, 0.4) is 0 Å². The summed E-state index contributed by atoms with van der Waals surface area (Å²) in [5.41, 5.74) is 4.81. The van der Waals surface area contributed by atoms with Crippen LogP contribution in [-0.4, -0.2) is 16.5 Å². The number of aromatic nitrogens is 2. The lowest BCUT2D eigenvalue weighted by molar-refractivity contribution is 0.922. The molecule has 20 heavy (non-hydrogen) atoms. The first-order valence-corrected chi connectivity index (χ1v) is 7.47. The molecule has 0 fully saturated rings. The number of benzene rings is 1. The monoisotopic (exact) mass is 269 g/mol. The molecule has 1 N–H and O–H groups in total. The number of anilines is 1. The highest BCUT2D eigenvalue weighted by atomic mass is 15.0. The van der Waals surface area contributed by atoms with Crippen molar-refractivity contribution in [3.05, 3.63) is 41.7 Å². The average Bonchev–Trinajstić information content (AvgIpc) is 2.48. The molecular weight excluding hydrogens is 246 g/mol. The SMILES string of the molecule is CCCc1cccc(-c2ncnc(NCC)c2CC)c1. The maximum Gasteiger partial charge on any atom is 0.133 e. The molecule has 0 saturated heterocycles. The van der Waals surface area contributed by atoms with Gasteiger partial charge in [-0.05, 0) is 31.4 Å². The van der Waals surface area contributed by atoms with E-state index in [0.717, 1.165) is 37.3 Å². The van der Waals surface area contributed by atoms with E-state index in [1.807, 2.05) is 0 Å². The minimum Gasteiger partial charge on any atom is -0.370 e. The molecule has 0 spiro atoms. The van der Waals surface area contributed by atoms with Gasteiger partial charge < -0.3 is 5.32 Å². The summed E-state index contributed by atoms with van der Waals surface area (Å²) in [5.74, 6) is 0.959. The second kappa shape index (κ2) is 7.04. The summed E-state index contributed by atoms with van der Waals surface area (Å²) >= 11 is 0. The fourth-order valence-corrected chi connectivity index (χ4v) is 2.48. The Kier molecular flexibility index (Phi) is 5.10. The van der Waals surface area contributed by atoms with E-state index >= 15 is 0 Å². The molecule has 106 valence electrons. The molecule has 1 aromatic heterocycles. The largest absolute Gasteiger partial charge is 0.370 e. The van der Waals surface area contributed by atoms with Crippen molar-refractivity contribution in [2.45, 2.75) is 40.0 Å². The second-order valence-electron chi connectivity index (χ2n) is 4.88. The van der Waals surface area contributed by atoms with Crippen LogP contribution >= 0.6 is 0 Å². The minimum atomic E-state index is 0.874. The predicted octanol–water partition coefficient (Wildman–Crippen LogP) is 4.09. The Morgan fingerprint density at radius 2 is 1.95 bits per heavy atom. The number of nitrogens with one attached hydrogen (secondary N) is 1. The van der Waals surface area contributed by atoms with Gasteiger partial charge in [0.25, 0.3) is 0 Å². The molecule has 3 nitrogen and oxygen atoms in total. The molecule has 0 bridgehead atoms. The number of hydrogen-bond acceptors (Lipinski definition) is 3. The fraction of sp³-hybridized carbons (Fsp3) is 0.412. The smallest absolute Gasteiger partial charge is 0.133 e. The van der Waals surface area contributed by atoms with E-state index in [2.05, 4.69) is 60.3 Å². The van der Waals surface area contributed by atoms with Gasteiger partial charge in [-0.3, -0.25) is 0 Å². The molecular formula is C17H23N3. The summed E-state index contributed by atoms with van der Waals surface area (Å²) in [6.45, 7) is 7.32. The van der Waals surface area contributed by atoms with Gasteiger partial charge >= 0.3 is 0 Å². The van der Waals surface area contributed by atoms with E-state index < -0.39 is 0 Å². The van der Waals surface area contributed by atoms with Crippen LogP contribution in [0.5, 0.6) is 0 Å². The van der Waals surface area contributed by atoms with Crippen LogP contribution < -0.4 is 5.32 Å². The minimum absolute atomic E-state index is 0.874. The Hall–Kier alpha value is -1.90.